The number of carbonyl (C=O) groups excluding carboxylic acids is 4. The second-order valence-electron chi connectivity index (χ2n) is 17.2. The summed E-state index contributed by atoms with van der Waals surface area (Å²) in [6, 6.07) is 3.51. The number of hydrogen-bond donors (Lipinski definition) is 4. The van der Waals surface area contributed by atoms with Crippen LogP contribution in [-0.4, -0.2) is 115 Å². The van der Waals surface area contributed by atoms with E-state index >= 15 is 0 Å². The van der Waals surface area contributed by atoms with E-state index in [0.717, 1.165) is 53.5 Å². The molecule has 4 heterocycles. The highest BCUT2D eigenvalue weighted by Crippen LogP contribution is 2.46. The predicted octanol–water partition coefficient (Wildman–Crippen LogP) is 5.20. The number of ether oxygens (including phenoxy) is 3. The van der Waals surface area contributed by atoms with Gasteiger partial charge in [0.05, 0.1) is 24.9 Å². The zero-order valence-electron chi connectivity index (χ0n) is 36.2. The van der Waals surface area contributed by atoms with E-state index in [1.807, 2.05) is 50.4 Å². The highest BCUT2D eigenvalue weighted by atomic mass is 32.2. The predicted molar refractivity (Wildman–Crippen MR) is 235 cm³/mol. The molecular formula is C43H58N8O9S2. The summed E-state index contributed by atoms with van der Waals surface area (Å²) in [5.41, 5.74) is 1.02. The molecule has 5 atom stereocenters. The van der Waals surface area contributed by atoms with Gasteiger partial charge < -0.3 is 35.1 Å². The van der Waals surface area contributed by atoms with Crippen molar-refractivity contribution < 1.29 is 41.8 Å². The highest BCUT2D eigenvalue weighted by Gasteiger charge is 2.62. The molecule has 2 aliphatic heterocycles. The molecular weight excluding hydrogens is 837 g/mol. The number of nitrogens with zero attached hydrogens (tertiary/aromatic N) is 4. The topological polar surface area (TPSA) is 210 Å². The van der Waals surface area contributed by atoms with Crippen molar-refractivity contribution >= 4 is 61.4 Å². The van der Waals surface area contributed by atoms with Crippen molar-refractivity contribution in [2.45, 2.75) is 127 Å². The number of benzene rings is 1. The minimum Gasteiger partial charge on any atom is -0.496 e. The van der Waals surface area contributed by atoms with Crippen molar-refractivity contribution in [3.8, 4) is 22.9 Å². The molecule has 4 N–H and O–H groups in total. The third-order valence-electron chi connectivity index (χ3n) is 12.1. The quantitative estimate of drug-likeness (QED) is 0.183. The van der Waals surface area contributed by atoms with Crippen LogP contribution in [0.2, 0.25) is 0 Å². The van der Waals surface area contributed by atoms with E-state index in [0.29, 0.717) is 53.1 Å². The number of alkyl carbamates (subject to hydrolysis) is 1. The van der Waals surface area contributed by atoms with Crippen molar-refractivity contribution in [1.29, 1.82) is 0 Å². The first kappa shape index (κ1) is 45.0. The van der Waals surface area contributed by atoms with Gasteiger partial charge in [-0.25, -0.2) is 19.5 Å². The van der Waals surface area contributed by atoms with Crippen LogP contribution in [0.1, 0.15) is 90.0 Å². The summed E-state index contributed by atoms with van der Waals surface area (Å²) in [6.07, 6.45) is 8.94. The Kier molecular flexibility index (Phi) is 13.6. The molecule has 3 aromatic rings. The number of thiazole rings is 1. The van der Waals surface area contributed by atoms with E-state index in [-0.39, 0.29) is 31.5 Å². The van der Waals surface area contributed by atoms with E-state index < -0.39 is 63.7 Å². The molecule has 62 heavy (non-hydrogen) atoms. The number of methoxy groups -OCH3 is 1. The molecule has 2 aliphatic carbocycles. The molecule has 2 aromatic heterocycles. The van der Waals surface area contributed by atoms with Gasteiger partial charge in [0.1, 0.15) is 47.0 Å². The van der Waals surface area contributed by atoms with E-state index in [1.165, 1.54) is 30.3 Å². The van der Waals surface area contributed by atoms with Crippen LogP contribution < -0.4 is 30.1 Å². The standard InChI is InChI=1S/C43H58N8O9S2/c1-25(2)44-41-46-33(24-61-41)32-21-36(30-18-19-35(58-6)26(3)37(30)45-32)59-29-20-34-38(52)48-43(40(54)49-62(56,57)50(4)5)22-27(43)14-10-8-7-9-11-17-31(39(53)51(34)23-29)47-42(55)60-28-15-12-13-16-28/h10,14,18-19,21,24-25,27-29,31,34H,7-9,11-13,15-17,20,22-23H2,1-6H3,(H,44,46)(H,47,55)(H,48,52)(H,49,54)/b14-10-/t27?,29-,31+,34+,43-/m1/s1. The molecule has 3 fully saturated rings. The van der Waals surface area contributed by atoms with Crippen LogP contribution in [0.5, 0.6) is 11.5 Å². The normalized spacial score (nSPS) is 25.3. The lowest BCUT2D eigenvalue weighted by Gasteiger charge is -2.30. The average molecular weight is 895 g/mol. The van der Waals surface area contributed by atoms with Gasteiger partial charge in [-0.2, -0.15) is 12.7 Å². The first-order valence-electron chi connectivity index (χ1n) is 21.5. The summed E-state index contributed by atoms with van der Waals surface area (Å²) in [7, 11) is -0.00219. The summed E-state index contributed by atoms with van der Waals surface area (Å²) in [5, 5.41) is 12.4. The van der Waals surface area contributed by atoms with Gasteiger partial charge in [0, 0.05) is 54.9 Å². The van der Waals surface area contributed by atoms with E-state index in [4.69, 9.17) is 24.2 Å². The van der Waals surface area contributed by atoms with Gasteiger partial charge in [0.2, 0.25) is 11.8 Å². The maximum atomic E-state index is 14.8. The lowest BCUT2D eigenvalue weighted by Crippen LogP contribution is -2.58. The molecule has 1 unspecified atom stereocenters. The fourth-order valence-corrected chi connectivity index (χ4v) is 9.96. The lowest BCUT2D eigenvalue weighted by atomic mass is 10.0. The van der Waals surface area contributed by atoms with Gasteiger partial charge in [-0.05, 0) is 84.3 Å². The molecule has 2 saturated carbocycles. The Hall–Kier alpha value is -5.01. The maximum absolute atomic E-state index is 14.8. The number of amides is 4. The van der Waals surface area contributed by atoms with Crippen molar-refractivity contribution in [2.75, 3.05) is 33.1 Å². The summed E-state index contributed by atoms with van der Waals surface area (Å²) in [4.78, 5) is 67.8. The maximum Gasteiger partial charge on any atom is 0.408 e. The summed E-state index contributed by atoms with van der Waals surface area (Å²) in [5.74, 6) is -1.38. The fraction of sp³-hybridized carbons (Fsp3) is 0.581. The molecule has 19 heteroatoms. The SMILES string of the molecule is COc1ccc2c(O[C@@H]3C[C@H]4C(=O)N[C@]5(C(=O)NS(=O)(=O)N(C)C)CC5/C=C\CCCCC[C@H](NC(=O)OC5CCCC5)C(=O)N4C3)cc(-c3csc(NC(C)C)n3)nc2c1C. The smallest absolute Gasteiger partial charge is 0.408 e. The number of pyridine rings is 1. The average Bonchev–Trinajstić information content (AvgIpc) is 3.65. The minimum atomic E-state index is -4.19. The largest absolute Gasteiger partial charge is 0.496 e. The van der Waals surface area contributed by atoms with Gasteiger partial charge in [-0.15, -0.1) is 11.3 Å². The van der Waals surface area contributed by atoms with E-state index in [1.54, 1.807) is 13.2 Å². The van der Waals surface area contributed by atoms with Gasteiger partial charge in [-0.1, -0.05) is 25.0 Å². The van der Waals surface area contributed by atoms with Crippen LogP contribution in [0.15, 0.2) is 35.7 Å². The second-order valence-corrected chi connectivity index (χ2v) is 19.9. The third kappa shape index (κ3) is 9.94. The number of rotatable bonds is 11. The highest BCUT2D eigenvalue weighted by molar-refractivity contribution is 7.87. The molecule has 0 spiro atoms. The monoisotopic (exact) mass is 894 g/mol. The molecule has 4 amide bonds. The summed E-state index contributed by atoms with van der Waals surface area (Å²) < 4.78 is 46.9. The number of nitrogens with one attached hydrogen (secondary N) is 4. The molecule has 1 saturated heterocycles. The van der Waals surface area contributed by atoms with Crippen molar-refractivity contribution in [1.82, 2.24) is 34.5 Å². The van der Waals surface area contributed by atoms with Crippen molar-refractivity contribution in [3.63, 3.8) is 0 Å². The number of allylic oxidation sites excluding steroid dienone is 1. The molecule has 336 valence electrons. The van der Waals surface area contributed by atoms with Crippen LogP contribution in [0.4, 0.5) is 9.93 Å². The third-order valence-corrected chi connectivity index (χ3v) is 14.2. The molecule has 7 rings (SSSR count). The number of anilines is 1. The fourth-order valence-electron chi connectivity index (χ4n) is 8.51. The first-order chi connectivity index (χ1) is 29.6. The zero-order chi connectivity index (χ0) is 44.3. The van der Waals surface area contributed by atoms with Crippen LogP contribution in [0.25, 0.3) is 22.3 Å². The van der Waals surface area contributed by atoms with Crippen LogP contribution in [0.3, 0.4) is 0 Å². The van der Waals surface area contributed by atoms with Crippen LogP contribution in [-0.2, 0) is 29.3 Å². The Bertz CT molecular complexity index is 2310. The Morgan fingerprint density at radius 3 is 2.50 bits per heavy atom. The molecule has 0 radical (unpaired) electrons. The summed E-state index contributed by atoms with van der Waals surface area (Å²) in [6.45, 7) is 5.94. The molecule has 1 aromatic carbocycles. The Labute approximate surface area is 366 Å². The van der Waals surface area contributed by atoms with Gasteiger partial charge in [-0.3, -0.25) is 14.4 Å². The molecule has 0 bridgehead atoms. The number of hydrogen-bond acceptors (Lipinski definition) is 13. The minimum absolute atomic E-state index is 0.0262. The molecule has 4 aliphatic rings. The molecule has 17 nitrogen and oxygen atoms in total. The lowest BCUT2D eigenvalue weighted by molar-refractivity contribution is -0.141. The Morgan fingerprint density at radius 2 is 1.77 bits per heavy atom. The van der Waals surface area contributed by atoms with E-state index in [9.17, 15) is 27.6 Å². The Morgan fingerprint density at radius 1 is 1.02 bits per heavy atom. The second kappa shape index (κ2) is 18.8. The number of carbonyl (C=O) groups is 4. The van der Waals surface area contributed by atoms with Crippen molar-refractivity contribution in [2.24, 2.45) is 5.92 Å². The first-order valence-corrected chi connectivity index (χ1v) is 23.8. The van der Waals surface area contributed by atoms with Gasteiger partial charge in [0.25, 0.3) is 5.91 Å². The van der Waals surface area contributed by atoms with E-state index in [2.05, 4.69) is 20.7 Å². The van der Waals surface area contributed by atoms with Crippen LogP contribution in [0, 0.1) is 12.8 Å². The Balaban J connectivity index is 1.24. The van der Waals surface area contributed by atoms with Crippen molar-refractivity contribution in [3.05, 3.63) is 41.3 Å². The summed E-state index contributed by atoms with van der Waals surface area (Å²) >= 11 is 1.46. The number of aromatic nitrogens is 2. The van der Waals surface area contributed by atoms with Crippen LogP contribution >= 0.6 is 11.3 Å². The van der Waals surface area contributed by atoms with Gasteiger partial charge >= 0.3 is 16.3 Å². The van der Waals surface area contributed by atoms with Gasteiger partial charge in [0.15, 0.2) is 5.13 Å². The number of aryl methyl sites for hydroxylation is 1. The number of fused-ring (bicyclic) bond motifs is 3. The zero-order valence-corrected chi connectivity index (χ0v) is 37.8.